The maximum absolute atomic E-state index is 14.0. The minimum absolute atomic E-state index is 0.0212. The fourth-order valence-electron chi connectivity index (χ4n) is 4.58. The molecule has 0 atom stereocenters. The lowest BCUT2D eigenvalue weighted by Crippen LogP contribution is -2.33. The van der Waals surface area contributed by atoms with Gasteiger partial charge in [0.2, 0.25) is 0 Å². The van der Waals surface area contributed by atoms with E-state index >= 15 is 0 Å². The van der Waals surface area contributed by atoms with Crippen molar-refractivity contribution in [3.63, 3.8) is 0 Å². The third kappa shape index (κ3) is 4.09. The average molecular weight is 564 g/mol. The van der Waals surface area contributed by atoms with Gasteiger partial charge in [0.1, 0.15) is 17.0 Å². The van der Waals surface area contributed by atoms with E-state index in [1.54, 1.807) is 12.1 Å². The lowest BCUT2D eigenvalue weighted by Gasteiger charge is -2.19. The molecule has 0 saturated heterocycles. The molecule has 1 saturated carbocycles. The number of alkyl halides is 5. The van der Waals surface area contributed by atoms with Crippen LogP contribution in [-0.4, -0.2) is 44.4 Å². The van der Waals surface area contributed by atoms with Gasteiger partial charge in [-0.15, -0.1) is 6.42 Å². The number of aryl methyl sites for hydroxylation is 1. The number of sulfone groups is 1. The summed E-state index contributed by atoms with van der Waals surface area (Å²) in [7, 11) is -0.927. The van der Waals surface area contributed by atoms with E-state index in [1.807, 2.05) is 12.1 Å². The first-order chi connectivity index (χ1) is 18.2. The van der Waals surface area contributed by atoms with Crippen LogP contribution in [0, 0.1) is 12.3 Å². The van der Waals surface area contributed by atoms with Gasteiger partial charge < -0.3 is 9.13 Å². The third-order valence-electron chi connectivity index (χ3n) is 7.08. The summed E-state index contributed by atoms with van der Waals surface area (Å²) in [6, 6.07) is 7.89. The molecule has 0 amide bonds. The molecule has 0 spiro atoms. The fraction of sp³-hybridized carbons (Fsp3) is 0.346. The third-order valence-corrected chi connectivity index (χ3v) is 8.90. The topological polar surface area (TPSA) is 82.7 Å². The SMILES string of the molecule is C#CC1(c2ccc(-c3nc(-c4nc5cc(C(F)(F)C(F)(F)F)cnc5n4C)c(S(=O)(=O)CC)n3C)cc2)CC1. The Morgan fingerprint density at radius 1 is 1.03 bits per heavy atom. The Kier molecular flexibility index (Phi) is 5.92. The molecule has 7 nitrogen and oxygen atoms in total. The summed E-state index contributed by atoms with van der Waals surface area (Å²) in [5, 5.41) is -0.175. The summed E-state index contributed by atoms with van der Waals surface area (Å²) in [6.07, 6.45) is 2.05. The molecule has 13 heteroatoms. The van der Waals surface area contributed by atoms with E-state index in [-0.39, 0.29) is 38.9 Å². The first-order valence-electron chi connectivity index (χ1n) is 11.8. The van der Waals surface area contributed by atoms with E-state index in [0.717, 1.165) is 18.4 Å². The molecule has 4 aromatic rings. The Labute approximate surface area is 220 Å². The Hall–Kier alpha value is -3.79. The van der Waals surface area contributed by atoms with Gasteiger partial charge in [-0.25, -0.2) is 23.4 Å². The zero-order valence-electron chi connectivity index (χ0n) is 21.0. The number of halogens is 5. The van der Waals surface area contributed by atoms with Crippen LogP contribution in [0.15, 0.2) is 41.6 Å². The van der Waals surface area contributed by atoms with Crippen molar-refractivity contribution in [1.29, 1.82) is 0 Å². The molecule has 204 valence electrons. The molecule has 3 aromatic heterocycles. The van der Waals surface area contributed by atoms with Crippen molar-refractivity contribution >= 4 is 21.0 Å². The van der Waals surface area contributed by atoms with Crippen LogP contribution in [0.25, 0.3) is 34.1 Å². The molecule has 1 fully saturated rings. The van der Waals surface area contributed by atoms with Crippen LogP contribution in [0.2, 0.25) is 0 Å². The van der Waals surface area contributed by atoms with Crippen LogP contribution < -0.4 is 0 Å². The fourth-order valence-corrected chi connectivity index (χ4v) is 5.79. The zero-order valence-corrected chi connectivity index (χ0v) is 21.8. The standard InChI is InChI=1S/C26H22F5N5O2S/c1-5-24(11-12-24)16-9-7-15(8-10-16)20-34-19(23(36(20)4)39(37,38)6-2)22-33-18-13-17(14-32-21(18)35(22)3)25(27,28)26(29,30)31/h1,7-10,13-14H,6,11-12H2,2-4H3. The Morgan fingerprint density at radius 3 is 2.21 bits per heavy atom. The second kappa shape index (κ2) is 8.61. The lowest BCUT2D eigenvalue weighted by atomic mass is 9.96. The van der Waals surface area contributed by atoms with Crippen molar-refractivity contribution in [3.8, 4) is 35.2 Å². The highest BCUT2D eigenvalue weighted by Crippen LogP contribution is 2.48. The highest BCUT2D eigenvalue weighted by Gasteiger charge is 2.59. The lowest BCUT2D eigenvalue weighted by molar-refractivity contribution is -0.289. The number of nitrogens with zero attached hydrogens (tertiary/aromatic N) is 5. The Morgan fingerprint density at radius 2 is 1.67 bits per heavy atom. The van der Waals surface area contributed by atoms with Crippen LogP contribution >= 0.6 is 0 Å². The number of hydrogen-bond acceptors (Lipinski definition) is 5. The molecule has 39 heavy (non-hydrogen) atoms. The minimum atomic E-state index is -5.83. The number of terminal acetylenes is 1. The molecule has 1 aliphatic rings. The predicted molar refractivity (Wildman–Crippen MR) is 134 cm³/mol. The molecule has 1 aromatic carbocycles. The smallest absolute Gasteiger partial charge is 0.318 e. The normalized spacial score (nSPS) is 15.5. The van der Waals surface area contributed by atoms with E-state index < -0.39 is 27.5 Å². The summed E-state index contributed by atoms with van der Waals surface area (Å²) in [5.74, 6) is -2.37. The number of rotatable bonds is 6. The van der Waals surface area contributed by atoms with Crippen LogP contribution in [0.4, 0.5) is 22.0 Å². The number of benzene rings is 1. The van der Waals surface area contributed by atoms with Crippen molar-refractivity contribution < 1.29 is 30.4 Å². The summed E-state index contributed by atoms with van der Waals surface area (Å²) < 4.78 is 95.7. The second-order valence-corrected chi connectivity index (χ2v) is 11.7. The molecule has 0 aliphatic heterocycles. The molecular weight excluding hydrogens is 541 g/mol. The van der Waals surface area contributed by atoms with Gasteiger partial charge in [-0.3, -0.25) is 0 Å². The van der Waals surface area contributed by atoms with E-state index in [1.165, 1.54) is 30.2 Å². The van der Waals surface area contributed by atoms with Crippen molar-refractivity contribution in [2.75, 3.05) is 5.75 Å². The van der Waals surface area contributed by atoms with Crippen molar-refractivity contribution in [2.45, 2.75) is 42.3 Å². The van der Waals surface area contributed by atoms with Crippen molar-refractivity contribution in [1.82, 2.24) is 24.1 Å². The van der Waals surface area contributed by atoms with Gasteiger partial charge in [0.05, 0.1) is 16.7 Å². The first-order valence-corrected chi connectivity index (χ1v) is 13.5. The first kappa shape index (κ1) is 26.8. The summed E-state index contributed by atoms with van der Waals surface area (Å²) in [5.41, 5.74) is -0.471. The molecule has 3 heterocycles. The van der Waals surface area contributed by atoms with Crippen molar-refractivity contribution in [2.24, 2.45) is 14.1 Å². The Balaban J connectivity index is 1.68. The van der Waals surface area contributed by atoms with Crippen LogP contribution in [-0.2, 0) is 35.3 Å². The maximum Gasteiger partial charge on any atom is 0.458 e. The van der Waals surface area contributed by atoms with E-state index in [4.69, 9.17) is 6.42 Å². The quantitative estimate of drug-likeness (QED) is 0.240. The van der Waals surface area contributed by atoms with Gasteiger partial charge in [0.25, 0.3) is 0 Å². The summed E-state index contributed by atoms with van der Waals surface area (Å²) in [4.78, 5) is 12.5. The second-order valence-electron chi connectivity index (χ2n) is 9.49. The van der Waals surface area contributed by atoms with Crippen molar-refractivity contribution in [3.05, 3.63) is 47.7 Å². The monoisotopic (exact) mass is 563 g/mol. The number of fused-ring (bicyclic) bond motifs is 1. The minimum Gasteiger partial charge on any atom is -0.318 e. The van der Waals surface area contributed by atoms with Crippen LogP contribution in [0.1, 0.15) is 30.9 Å². The molecule has 0 unspecified atom stereocenters. The zero-order chi connectivity index (χ0) is 28.5. The van der Waals surface area contributed by atoms with Crippen LogP contribution in [0.5, 0.6) is 0 Å². The van der Waals surface area contributed by atoms with Gasteiger partial charge in [-0.2, -0.15) is 22.0 Å². The Bertz CT molecular complexity index is 1760. The molecule has 1 aliphatic carbocycles. The molecule has 0 bridgehead atoms. The van der Waals surface area contributed by atoms with E-state index in [2.05, 4.69) is 20.9 Å². The van der Waals surface area contributed by atoms with Gasteiger partial charge in [0.15, 0.2) is 26.3 Å². The number of hydrogen-bond donors (Lipinski definition) is 0. The summed E-state index contributed by atoms with van der Waals surface area (Å²) >= 11 is 0. The van der Waals surface area contributed by atoms with Gasteiger partial charge >= 0.3 is 12.1 Å². The van der Waals surface area contributed by atoms with Gasteiger partial charge in [-0.05, 0) is 24.5 Å². The molecular formula is C26H22F5N5O2S. The summed E-state index contributed by atoms with van der Waals surface area (Å²) in [6.45, 7) is 1.46. The highest BCUT2D eigenvalue weighted by atomic mass is 32.2. The van der Waals surface area contributed by atoms with E-state index in [0.29, 0.717) is 23.7 Å². The average Bonchev–Trinajstić information content (AvgIpc) is 3.52. The number of pyridine rings is 1. The van der Waals surface area contributed by atoms with Gasteiger partial charge in [0, 0.05) is 25.9 Å². The maximum atomic E-state index is 14.0. The molecule has 0 radical (unpaired) electrons. The predicted octanol–water partition coefficient (Wildman–Crippen LogP) is 5.15. The highest BCUT2D eigenvalue weighted by molar-refractivity contribution is 7.91. The van der Waals surface area contributed by atoms with Crippen LogP contribution in [0.3, 0.4) is 0 Å². The number of aromatic nitrogens is 5. The largest absolute Gasteiger partial charge is 0.458 e. The van der Waals surface area contributed by atoms with Gasteiger partial charge in [-0.1, -0.05) is 37.1 Å². The van der Waals surface area contributed by atoms with E-state index in [9.17, 15) is 30.4 Å². The molecule has 5 rings (SSSR count). The number of imidazole rings is 2. The molecule has 0 N–H and O–H groups in total.